The Morgan fingerprint density at radius 1 is 0.204 bits per heavy atom. The van der Waals surface area contributed by atoms with Gasteiger partial charge in [-0.25, -0.2) is 57.1 Å². The number of halogens is 13. The van der Waals surface area contributed by atoms with Gasteiger partial charge in [-0.1, -0.05) is 107 Å². The zero-order chi connectivity index (χ0) is 78.3. The number of unbranched alkanes of at least 4 members (excludes halogenated alkanes) is 8. The quantitative estimate of drug-likeness (QED) is 0.0253. The summed E-state index contributed by atoms with van der Waals surface area (Å²) in [5.74, 6) is -22.2. The van der Waals surface area contributed by atoms with E-state index < -0.39 is 154 Å². The normalized spacial score (nSPS) is 9.71. The second-order valence-electron chi connectivity index (χ2n) is 20.7. The van der Waals surface area contributed by atoms with Crippen LogP contribution in [0.1, 0.15) is 214 Å². The molecule has 0 unspecified atom stereocenters. The number of hydrogen-bond donors (Lipinski definition) is 1. The third-order valence-corrected chi connectivity index (χ3v) is 13.3. The summed E-state index contributed by atoms with van der Waals surface area (Å²) in [7, 11) is 0. The van der Waals surface area contributed by atoms with E-state index in [-0.39, 0.29) is 63.3 Å². The van der Waals surface area contributed by atoms with Crippen molar-refractivity contribution in [1.29, 1.82) is 52.6 Å². The molecule has 0 bridgehead atoms. The fourth-order valence-electron chi connectivity index (χ4n) is 7.54. The van der Waals surface area contributed by atoms with Gasteiger partial charge in [-0.2, -0.15) is 52.6 Å². The molecule has 0 fully saturated rings. The van der Waals surface area contributed by atoms with E-state index in [0.717, 1.165) is 69.9 Å². The number of nitriles is 10. The van der Waals surface area contributed by atoms with Crippen molar-refractivity contribution in [2.45, 2.75) is 158 Å². The lowest BCUT2D eigenvalue weighted by atomic mass is 10.1. The van der Waals surface area contributed by atoms with E-state index in [9.17, 15) is 62.3 Å². The van der Waals surface area contributed by atoms with Crippen LogP contribution in [0.15, 0.2) is 0 Å². The fraction of sp³-hybridized carbons (Fsp3) is 0.444. The maximum absolute atomic E-state index is 14.4. The average molecular weight is 1450 g/mol. The molecule has 31 heteroatoms. The molecule has 0 aliphatic carbocycles. The zero-order valence-electron chi connectivity index (χ0n) is 57.7. The topological polar surface area (TPSA) is 323 Å². The second kappa shape index (κ2) is 50.9. The Labute approximate surface area is 589 Å². The van der Waals surface area contributed by atoms with Gasteiger partial charge in [0.2, 0.25) is 0 Å². The highest BCUT2D eigenvalue weighted by molar-refractivity contribution is 5.63. The van der Waals surface area contributed by atoms with Crippen LogP contribution in [0.2, 0.25) is 0 Å². The highest BCUT2D eigenvalue weighted by Crippen LogP contribution is 2.41. The summed E-state index contributed by atoms with van der Waals surface area (Å²) in [6, 6.07) is 14.0. The van der Waals surface area contributed by atoms with Gasteiger partial charge in [-0.15, -0.1) is 0 Å². The van der Waals surface area contributed by atoms with Gasteiger partial charge in [0.25, 0.3) is 0 Å². The molecule has 1 N–H and O–H groups in total. The molecule has 18 nitrogen and oxygen atoms in total. The van der Waals surface area contributed by atoms with Gasteiger partial charge in [0.1, 0.15) is 116 Å². The number of aliphatic hydroxyl groups excluding tert-OH is 1. The van der Waals surface area contributed by atoms with Crippen molar-refractivity contribution in [1.82, 2.24) is 0 Å². The first-order chi connectivity index (χ1) is 49.4. The Bertz CT molecular complexity index is 3850. The van der Waals surface area contributed by atoms with Crippen LogP contribution < -0.4 is 33.2 Å². The Hall–Kier alpha value is -11.4. The first kappa shape index (κ1) is 91.6. The molecular weight excluding hydrogens is 1380 g/mol. The fourth-order valence-corrected chi connectivity index (χ4v) is 7.54. The highest BCUT2D eigenvalue weighted by atomic mass is 19.2. The molecule has 0 aromatic heterocycles. The third kappa shape index (κ3) is 26.0. The molecule has 5 aromatic carbocycles. The lowest BCUT2D eigenvalue weighted by molar-refractivity contribution is 0.257. The van der Waals surface area contributed by atoms with E-state index in [4.69, 9.17) is 85.6 Å². The lowest BCUT2D eigenvalue weighted by Gasteiger charge is -2.16. The van der Waals surface area contributed by atoms with Gasteiger partial charge in [0.15, 0.2) is 116 Å². The van der Waals surface area contributed by atoms with Crippen molar-refractivity contribution in [2.24, 2.45) is 0 Å². The second-order valence-corrected chi connectivity index (χ2v) is 20.7. The molecule has 0 saturated carbocycles. The first-order valence-corrected chi connectivity index (χ1v) is 32.1. The van der Waals surface area contributed by atoms with E-state index in [0.29, 0.717) is 51.6 Å². The molecule has 0 aliphatic heterocycles. The van der Waals surface area contributed by atoms with Gasteiger partial charge in [-0.3, -0.25) is 0 Å². The van der Waals surface area contributed by atoms with E-state index in [2.05, 4.69) is 6.92 Å². The minimum absolute atomic E-state index is 0.0536. The van der Waals surface area contributed by atoms with Gasteiger partial charge in [-0.05, 0) is 51.4 Å². The minimum atomic E-state index is -1.86. The number of rotatable bonds is 30. The van der Waals surface area contributed by atoms with Gasteiger partial charge in [0.05, 0.1) is 46.2 Å². The number of aliphatic hydroxyl groups is 1. The van der Waals surface area contributed by atoms with Crippen LogP contribution in [0.3, 0.4) is 0 Å². The number of benzene rings is 5. The summed E-state index contributed by atoms with van der Waals surface area (Å²) in [4.78, 5) is 0. The summed E-state index contributed by atoms with van der Waals surface area (Å²) in [6.07, 6.45) is 12.2. The smallest absolute Gasteiger partial charge is 0.188 e. The SMILES string of the molecule is CCCCO.CCCCOc1c(C#N)c(F)c(F)c(C#N)c1OCCCC.CCCCOc1c(F)c(C#N)c(F)c(F)c1C#N.CCCCOc1c(F)c(C#N)c(F)c(OCCCC)c1C#N.CCCCOc1c(F)c(C#N)c(OCCCC)c(F)c1C#N.N#Cc1c(F)c(F)c(C#N)c(F)c1F. The van der Waals surface area contributed by atoms with Gasteiger partial charge < -0.3 is 38.3 Å². The Balaban J connectivity index is 0.00000125. The summed E-state index contributed by atoms with van der Waals surface area (Å²) < 4.78 is 213. The molecule has 0 spiro atoms. The van der Waals surface area contributed by atoms with Crippen molar-refractivity contribution in [2.75, 3.05) is 52.9 Å². The summed E-state index contributed by atoms with van der Waals surface area (Å²) in [6.45, 7) is 17.0. The predicted octanol–water partition coefficient (Wildman–Crippen LogP) is 18.0. The summed E-state index contributed by atoms with van der Waals surface area (Å²) in [5, 5.41) is 96.0. The molecule has 5 aromatic rings. The zero-order valence-corrected chi connectivity index (χ0v) is 57.7. The van der Waals surface area contributed by atoms with Gasteiger partial charge in [0, 0.05) is 6.61 Å². The molecule has 0 aliphatic rings. The van der Waals surface area contributed by atoms with Gasteiger partial charge >= 0.3 is 0 Å². The lowest BCUT2D eigenvalue weighted by Crippen LogP contribution is -2.09. The molecule has 0 amide bonds. The van der Waals surface area contributed by atoms with Crippen LogP contribution in [0, 0.1) is 189 Å². The largest absolute Gasteiger partial charge is 0.489 e. The molecular formula is C72H73F13N10O8. The van der Waals surface area contributed by atoms with Crippen LogP contribution in [-0.2, 0) is 0 Å². The van der Waals surface area contributed by atoms with E-state index in [1.807, 2.05) is 48.5 Å². The van der Waals surface area contributed by atoms with Crippen LogP contribution in [0.25, 0.3) is 0 Å². The Kier molecular flexibility index (Phi) is 45.3. The van der Waals surface area contributed by atoms with Crippen LogP contribution >= 0.6 is 0 Å². The maximum atomic E-state index is 14.4. The molecule has 0 saturated heterocycles. The van der Waals surface area contributed by atoms with Crippen LogP contribution in [0.5, 0.6) is 40.2 Å². The van der Waals surface area contributed by atoms with Crippen molar-refractivity contribution in [3.05, 3.63) is 131 Å². The predicted molar refractivity (Wildman–Crippen MR) is 344 cm³/mol. The maximum Gasteiger partial charge on any atom is 0.188 e. The number of ether oxygens (including phenoxy) is 7. The molecule has 0 radical (unpaired) electrons. The summed E-state index contributed by atoms with van der Waals surface area (Å²) in [5.41, 5.74) is -8.12. The van der Waals surface area contributed by atoms with E-state index in [1.54, 1.807) is 30.3 Å². The molecule has 0 heterocycles. The Morgan fingerprint density at radius 3 is 0.515 bits per heavy atom. The molecule has 5 rings (SSSR count). The average Bonchev–Trinajstić information content (AvgIpc) is 0.807. The number of hydrogen-bond acceptors (Lipinski definition) is 18. The third-order valence-electron chi connectivity index (χ3n) is 13.3. The van der Waals surface area contributed by atoms with E-state index >= 15 is 0 Å². The minimum Gasteiger partial charge on any atom is -0.489 e. The summed E-state index contributed by atoms with van der Waals surface area (Å²) >= 11 is 0. The molecule has 0 atom stereocenters. The van der Waals surface area contributed by atoms with Crippen molar-refractivity contribution < 1.29 is 95.3 Å². The highest BCUT2D eigenvalue weighted by Gasteiger charge is 2.32. The van der Waals surface area contributed by atoms with Crippen molar-refractivity contribution >= 4 is 0 Å². The Morgan fingerprint density at radius 2 is 0.340 bits per heavy atom. The first-order valence-electron chi connectivity index (χ1n) is 32.1. The van der Waals surface area contributed by atoms with Crippen LogP contribution in [-0.4, -0.2) is 58.0 Å². The van der Waals surface area contributed by atoms with Crippen LogP contribution in [0.4, 0.5) is 57.1 Å². The number of nitrogens with zero attached hydrogens (tertiary/aromatic N) is 10. The van der Waals surface area contributed by atoms with Crippen molar-refractivity contribution in [3.8, 4) is 101 Å². The van der Waals surface area contributed by atoms with Crippen molar-refractivity contribution in [3.63, 3.8) is 0 Å². The monoisotopic (exact) mass is 1450 g/mol. The molecule has 103 heavy (non-hydrogen) atoms. The molecule has 550 valence electrons. The van der Waals surface area contributed by atoms with E-state index in [1.165, 1.54) is 18.2 Å². The standard InChI is InChI=1S/3C16H18F2N2O2.C12H9F3N2O.C8F4N2.C4H10O/c1-3-5-7-21-15-11(9-19)14(18)16(22-8-6-4-2)12(10-20)13(15)17;1-3-5-7-21-15-11(9-19)13(17)14(18)12(10-20)16(15)22-8-6-4-2;1-3-5-7-21-15-12(10-20)16(22-8-6-4-2)14(18)11(9-19)13(15)17;1-2-3-4-18-12-8(6-17)10(14)9(13)7(5-16)11(12)15;9-5-3(1-13)6(10)8(12)4(2-14)7(5)11;1-2-3-4-5/h3*3-8H2,1-2H3;2-4H2,1H3;;5H,2-4H2,1H3.